The van der Waals surface area contributed by atoms with Gasteiger partial charge in [0.05, 0.1) is 0 Å². The molecule has 0 unspecified atom stereocenters. The molecule has 3 nitrogen and oxygen atoms in total. The second-order valence-corrected chi connectivity index (χ2v) is 6.34. The van der Waals surface area contributed by atoms with Gasteiger partial charge in [0.15, 0.2) is 5.65 Å². The molecule has 4 heteroatoms. The van der Waals surface area contributed by atoms with Crippen LogP contribution in [0.15, 0.2) is 34.9 Å². The Kier molecular flexibility index (Phi) is 2.45. The molecule has 0 spiro atoms. The Hall–Kier alpha value is -1.42. The van der Waals surface area contributed by atoms with Crippen LogP contribution in [-0.4, -0.2) is 14.6 Å². The van der Waals surface area contributed by atoms with Crippen LogP contribution in [0.3, 0.4) is 0 Å². The number of pyridine rings is 1. The molecule has 0 fully saturated rings. The highest BCUT2D eigenvalue weighted by atomic mass is 79.9. The maximum absolute atomic E-state index is 4.36. The lowest BCUT2D eigenvalue weighted by Crippen LogP contribution is -2.15. The highest BCUT2D eigenvalue weighted by molar-refractivity contribution is 9.10. The molecule has 1 aromatic carbocycles. The average molecular weight is 304 g/mol. The first-order valence-corrected chi connectivity index (χ1v) is 6.70. The summed E-state index contributed by atoms with van der Waals surface area (Å²) in [5.41, 5.74) is 0.888. The van der Waals surface area contributed by atoms with Crippen LogP contribution in [0.1, 0.15) is 26.6 Å². The van der Waals surface area contributed by atoms with Crippen molar-refractivity contribution in [1.82, 2.24) is 14.6 Å². The lowest BCUT2D eigenvalue weighted by Gasteiger charge is -2.15. The molecule has 0 saturated carbocycles. The second kappa shape index (κ2) is 3.79. The number of aromatic nitrogens is 3. The molecule has 0 aliphatic rings. The van der Waals surface area contributed by atoms with Gasteiger partial charge in [0.25, 0.3) is 0 Å². The minimum Gasteiger partial charge on any atom is -0.285 e. The normalized spacial score (nSPS) is 12.4. The van der Waals surface area contributed by atoms with Crippen molar-refractivity contribution in [2.45, 2.75) is 26.2 Å². The van der Waals surface area contributed by atoms with Crippen molar-refractivity contribution in [3.63, 3.8) is 0 Å². The van der Waals surface area contributed by atoms with Crippen molar-refractivity contribution < 1.29 is 0 Å². The predicted molar refractivity (Wildman–Crippen MR) is 76.9 cm³/mol. The summed E-state index contributed by atoms with van der Waals surface area (Å²) < 4.78 is 3.13. The predicted octanol–water partition coefficient (Wildman–Crippen LogP) is 3.94. The van der Waals surface area contributed by atoms with Gasteiger partial charge >= 0.3 is 0 Å². The Labute approximate surface area is 114 Å². The molecule has 0 bridgehead atoms. The molecule has 0 saturated heterocycles. The summed E-state index contributed by atoms with van der Waals surface area (Å²) in [5, 5.41) is 11.0. The van der Waals surface area contributed by atoms with E-state index in [1.165, 1.54) is 5.39 Å². The molecule has 0 amide bonds. The Balaban J connectivity index is 2.47. The fraction of sp³-hybridized carbons (Fsp3) is 0.286. The molecular formula is C14H14BrN3. The van der Waals surface area contributed by atoms with E-state index in [2.05, 4.69) is 63.4 Å². The van der Waals surface area contributed by atoms with Gasteiger partial charge in [-0.3, -0.25) is 4.40 Å². The molecule has 2 aromatic heterocycles. The Morgan fingerprint density at radius 2 is 1.89 bits per heavy atom. The third-order valence-corrected chi connectivity index (χ3v) is 3.70. The largest absolute Gasteiger partial charge is 0.285 e. The van der Waals surface area contributed by atoms with Crippen molar-refractivity contribution >= 4 is 32.3 Å². The Bertz CT molecular complexity index is 738. The number of nitrogens with zero attached hydrogens (tertiary/aromatic N) is 3. The van der Waals surface area contributed by atoms with Gasteiger partial charge in [0.2, 0.25) is 0 Å². The molecule has 92 valence electrons. The fourth-order valence-corrected chi connectivity index (χ4v) is 2.74. The zero-order chi connectivity index (χ0) is 12.9. The molecule has 3 rings (SSSR count). The molecule has 0 aliphatic heterocycles. The summed E-state index contributed by atoms with van der Waals surface area (Å²) in [5.74, 6) is 0.982. The molecule has 0 radical (unpaired) electrons. The summed E-state index contributed by atoms with van der Waals surface area (Å²) >= 11 is 3.60. The van der Waals surface area contributed by atoms with Gasteiger partial charge in [-0.15, -0.1) is 10.2 Å². The Morgan fingerprint density at radius 3 is 2.61 bits per heavy atom. The highest BCUT2D eigenvalue weighted by Gasteiger charge is 2.21. The zero-order valence-electron chi connectivity index (χ0n) is 10.6. The standard InChI is InChI=1S/C14H14BrN3/c1-14(2,3)13-17-16-12-11-9(7-8-18(12)13)5-4-6-10(11)15/h4-8H,1-3H3. The number of benzene rings is 1. The molecule has 3 aromatic rings. The molecular weight excluding hydrogens is 290 g/mol. The van der Waals surface area contributed by atoms with Crippen LogP contribution in [0.5, 0.6) is 0 Å². The number of halogens is 1. The van der Waals surface area contributed by atoms with Gasteiger partial charge in [0, 0.05) is 21.5 Å². The van der Waals surface area contributed by atoms with E-state index >= 15 is 0 Å². The maximum Gasteiger partial charge on any atom is 0.169 e. The summed E-state index contributed by atoms with van der Waals surface area (Å²) in [7, 11) is 0. The Morgan fingerprint density at radius 1 is 1.11 bits per heavy atom. The van der Waals surface area contributed by atoms with Crippen LogP contribution in [0.4, 0.5) is 0 Å². The average Bonchev–Trinajstić information content (AvgIpc) is 2.72. The number of hydrogen-bond donors (Lipinski definition) is 0. The van der Waals surface area contributed by atoms with Crippen molar-refractivity contribution in [3.8, 4) is 0 Å². The minimum absolute atomic E-state index is 0.0195. The van der Waals surface area contributed by atoms with E-state index in [1.54, 1.807) is 0 Å². The van der Waals surface area contributed by atoms with Gasteiger partial charge < -0.3 is 0 Å². The molecule has 0 aliphatic carbocycles. The van der Waals surface area contributed by atoms with Crippen molar-refractivity contribution in [2.75, 3.05) is 0 Å². The summed E-state index contributed by atoms with van der Waals surface area (Å²) in [4.78, 5) is 0. The molecule has 18 heavy (non-hydrogen) atoms. The topological polar surface area (TPSA) is 30.2 Å². The van der Waals surface area contributed by atoms with Crippen LogP contribution >= 0.6 is 15.9 Å². The van der Waals surface area contributed by atoms with E-state index in [4.69, 9.17) is 0 Å². The quantitative estimate of drug-likeness (QED) is 0.629. The van der Waals surface area contributed by atoms with Crippen molar-refractivity contribution in [1.29, 1.82) is 0 Å². The third-order valence-electron chi connectivity index (χ3n) is 3.04. The SMILES string of the molecule is CC(C)(C)c1nnc2c3c(Br)cccc3ccn12. The van der Waals surface area contributed by atoms with E-state index in [-0.39, 0.29) is 5.41 Å². The zero-order valence-corrected chi connectivity index (χ0v) is 12.2. The molecule has 0 N–H and O–H groups in total. The lowest BCUT2D eigenvalue weighted by molar-refractivity contribution is 0.539. The number of hydrogen-bond acceptors (Lipinski definition) is 2. The van der Waals surface area contributed by atoms with Gasteiger partial charge in [-0.2, -0.15) is 0 Å². The van der Waals surface area contributed by atoms with Crippen LogP contribution in [-0.2, 0) is 5.41 Å². The molecule has 0 atom stereocenters. The fourth-order valence-electron chi connectivity index (χ4n) is 2.18. The maximum atomic E-state index is 4.36. The number of fused-ring (bicyclic) bond motifs is 3. The highest BCUT2D eigenvalue weighted by Crippen LogP contribution is 2.29. The van der Waals surface area contributed by atoms with Gasteiger partial charge in [-0.05, 0) is 17.5 Å². The monoisotopic (exact) mass is 303 g/mol. The lowest BCUT2D eigenvalue weighted by atomic mass is 9.96. The van der Waals surface area contributed by atoms with Crippen LogP contribution in [0, 0.1) is 0 Å². The van der Waals surface area contributed by atoms with Crippen LogP contribution < -0.4 is 0 Å². The van der Waals surface area contributed by atoms with Gasteiger partial charge in [-0.25, -0.2) is 0 Å². The summed E-state index contributed by atoms with van der Waals surface area (Å²) in [6.45, 7) is 6.44. The van der Waals surface area contributed by atoms with Crippen molar-refractivity contribution in [3.05, 3.63) is 40.8 Å². The van der Waals surface area contributed by atoms with E-state index in [1.807, 2.05) is 18.3 Å². The van der Waals surface area contributed by atoms with E-state index in [9.17, 15) is 0 Å². The smallest absolute Gasteiger partial charge is 0.169 e. The van der Waals surface area contributed by atoms with Crippen molar-refractivity contribution in [2.24, 2.45) is 0 Å². The third kappa shape index (κ3) is 1.63. The van der Waals surface area contributed by atoms with Crippen LogP contribution in [0.25, 0.3) is 16.4 Å². The van der Waals surface area contributed by atoms with Gasteiger partial charge in [0.1, 0.15) is 5.82 Å². The number of rotatable bonds is 0. The van der Waals surface area contributed by atoms with Gasteiger partial charge in [-0.1, -0.05) is 48.8 Å². The second-order valence-electron chi connectivity index (χ2n) is 5.49. The first kappa shape index (κ1) is 11.7. The van der Waals surface area contributed by atoms with E-state index in [0.29, 0.717) is 0 Å². The minimum atomic E-state index is -0.0195. The summed E-state index contributed by atoms with van der Waals surface area (Å²) in [6, 6.07) is 8.26. The first-order valence-electron chi connectivity index (χ1n) is 5.91. The van der Waals surface area contributed by atoms with Crippen LogP contribution in [0.2, 0.25) is 0 Å². The summed E-state index contributed by atoms with van der Waals surface area (Å²) in [6.07, 6.45) is 2.05. The molecule has 2 heterocycles. The van der Waals surface area contributed by atoms with E-state index in [0.717, 1.165) is 21.3 Å². The van der Waals surface area contributed by atoms with E-state index < -0.39 is 0 Å². The first-order chi connectivity index (χ1) is 8.48.